The van der Waals surface area contributed by atoms with Gasteiger partial charge in [-0.3, -0.25) is 15.1 Å². The van der Waals surface area contributed by atoms with E-state index in [1.807, 2.05) is 26.0 Å². The van der Waals surface area contributed by atoms with E-state index in [4.69, 9.17) is 23.1 Å². The summed E-state index contributed by atoms with van der Waals surface area (Å²) in [5.41, 5.74) is 13.6. The predicted molar refractivity (Wildman–Crippen MR) is 115 cm³/mol. The Morgan fingerprint density at radius 3 is 2.31 bits per heavy atom. The van der Waals surface area contributed by atoms with Crippen molar-refractivity contribution in [2.24, 2.45) is 22.4 Å². The Morgan fingerprint density at radius 1 is 1.10 bits per heavy atom. The minimum Gasteiger partial charge on any atom is -0.341 e. The van der Waals surface area contributed by atoms with E-state index in [2.05, 4.69) is 15.6 Å². The number of guanidine groups is 1. The molecule has 0 aliphatic heterocycles. The first-order valence-electron chi connectivity index (χ1n) is 9.39. The molecule has 2 rings (SSSR count). The average molecular weight is 420 g/mol. The van der Waals surface area contributed by atoms with Crippen LogP contribution >= 0.6 is 11.6 Å². The Hall–Kier alpha value is -2.48. The van der Waals surface area contributed by atoms with E-state index < -0.39 is 17.9 Å². The lowest BCUT2D eigenvalue weighted by molar-refractivity contribution is 0.0975. The highest BCUT2D eigenvalue weighted by atomic mass is 35.5. The fourth-order valence-electron chi connectivity index (χ4n) is 2.53. The van der Waals surface area contributed by atoms with Crippen LogP contribution in [0.1, 0.15) is 42.2 Å². The summed E-state index contributed by atoms with van der Waals surface area (Å²) in [7, 11) is 0. The van der Waals surface area contributed by atoms with Crippen LogP contribution < -0.4 is 22.1 Å². The molecule has 6 nitrogen and oxygen atoms in total. The molecule has 8 heteroatoms. The maximum absolute atomic E-state index is 13.1. The van der Waals surface area contributed by atoms with E-state index in [0.29, 0.717) is 29.5 Å². The van der Waals surface area contributed by atoms with Crippen LogP contribution in [0.4, 0.5) is 4.39 Å². The van der Waals surface area contributed by atoms with Gasteiger partial charge in [-0.2, -0.15) is 0 Å². The third-order valence-electron chi connectivity index (χ3n) is 4.08. The third-order valence-corrected chi connectivity index (χ3v) is 4.33. The zero-order valence-electron chi connectivity index (χ0n) is 16.5. The molecule has 0 radical (unpaired) electrons. The molecule has 0 fully saturated rings. The van der Waals surface area contributed by atoms with Gasteiger partial charge in [0.1, 0.15) is 5.82 Å². The molecule has 0 aliphatic carbocycles. The number of hydrogen-bond acceptors (Lipinski definition) is 4. The van der Waals surface area contributed by atoms with Gasteiger partial charge in [-0.1, -0.05) is 37.6 Å². The zero-order chi connectivity index (χ0) is 21.4. The fraction of sp³-hybridized carbons (Fsp3) is 0.333. The number of carbonyl (C=O) groups excluding carboxylic acids is 1. The summed E-state index contributed by atoms with van der Waals surface area (Å²) in [6.07, 6.45) is -0.130. The minimum absolute atomic E-state index is 0.254. The smallest absolute Gasteiger partial charge is 0.257 e. The summed E-state index contributed by atoms with van der Waals surface area (Å²) in [4.78, 5) is 16.8. The highest BCUT2D eigenvalue weighted by Gasteiger charge is 2.15. The quantitative estimate of drug-likeness (QED) is 0.314. The summed E-state index contributed by atoms with van der Waals surface area (Å²) in [5, 5.41) is 6.35. The third kappa shape index (κ3) is 7.81. The van der Waals surface area contributed by atoms with Gasteiger partial charge in [-0.25, -0.2) is 4.39 Å². The molecule has 0 saturated heterocycles. The molecule has 0 saturated carbocycles. The van der Waals surface area contributed by atoms with Crippen LogP contribution in [0.2, 0.25) is 5.02 Å². The summed E-state index contributed by atoms with van der Waals surface area (Å²) in [5.74, 6) is -0.272. The molecular formula is C21H27ClFN5O. The summed E-state index contributed by atoms with van der Waals surface area (Å²) in [6.45, 7) is 4.53. The number of carbonyl (C=O) groups is 1. The largest absolute Gasteiger partial charge is 0.341 e. The van der Waals surface area contributed by atoms with Crippen LogP contribution in [0.3, 0.4) is 0 Å². The van der Waals surface area contributed by atoms with E-state index in [1.165, 1.54) is 24.3 Å². The van der Waals surface area contributed by atoms with Gasteiger partial charge in [-0.15, -0.1) is 0 Å². The molecule has 0 bridgehead atoms. The lowest BCUT2D eigenvalue weighted by atomic mass is 10.0. The molecule has 0 aliphatic rings. The highest BCUT2D eigenvalue weighted by Crippen LogP contribution is 2.17. The minimum atomic E-state index is -0.542. The number of rotatable bonds is 7. The van der Waals surface area contributed by atoms with Crippen molar-refractivity contribution in [2.45, 2.75) is 32.5 Å². The Bertz CT molecular complexity index is 824. The molecule has 1 amide bonds. The molecule has 6 N–H and O–H groups in total. The van der Waals surface area contributed by atoms with Crippen LogP contribution in [0.25, 0.3) is 0 Å². The maximum atomic E-state index is 13.1. The first-order valence-corrected chi connectivity index (χ1v) is 9.77. The highest BCUT2D eigenvalue weighted by molar-refractivity contribution is 6.30. The molecule has 0 aromatic heterocycles. The Labute approximate surface area is 175 Å². The number of nitrogens with two attached hydrogens (primary N) is 2. The molecule has 29 heavy (non-hydrogen) atoms. The van der Waals surface area contributed by atoms with Crippen molar-refractivity contribution >= 4 is 23.5 Å². The Morgan fingerprint density at radius 2 is 1.72 bits per heavy atom. The van der Waals surface area contributed by atoms with Crippen LogP contribution in [-0.4, -0.2) is 24.6 Å². The SMILES string of the molecule is CC(C)CN=C(NC(=O)c1ccc(F)cc1)NC(N)CC(N)c1ccc(Cl)cc1. The van der Waals surface area contributed by atoms with Crippen molar-refractivity contribution in [2.75, 3.05) is 6.54 Å². The Balaban J connectivity index is 2.02. The van der Waals surface area contributed by atoms with E-state index >= 15 is 0 Å². The first-order chi connectivity index (χ1) is 13.7. The number of benzene rings is 2. The van der Waals surface area contributed by atoms with E-state index in [1.54, 1.807) is 12.1 Å². The second-order valence-corrected chi connectivity index (χ2v) is 7.63. The van der Waals surface area contributed by atoms with Gasteiger partial charge in [0.15, 0.2) is 5.96 Å². The van der Waals surface area contributed by atoms with Crippen LogP contribution in [0.5, 0.6) is 0 Å². The van der Waals surface area contributed by atoms with Crippen molar-refractivity contribution in [3.63, 3.8) is 0 Å². The lowest BCUT2D eigenvalue weighted by Gasteiger charge is -2.21. The van der Waals surface area contributed by atoms with Gasteiger partial charge in [0.25, 0.3) is 5.91 Å². The van der Waals surface area contributed by atoms with Gasteiger partial charge in [0.2, 0.25) is 0 Å². The van der Waals surface area contributed by atoms with Crippen molar-refractivity contribution in [1.82, 2.24) is 10.6 Å². The van der Waals surface area contributed by atoms with Gasteiger partial charge in [0, 0.05) is 23.2 Å². The molecule has 2 aromatic carbocycles. The molecular weight excluding hydrogens is 393 g/mol. The topological polar surface area (TPSA) is 106 Å². The van der Waals surface area contributed by atoms with Gasteiger partial charge in [0.05, 0.1) is 6.17 Å². The number of aliphatic imine (C=N–C) groups is 1. The number of hydrogen-bond donors (Lipinski definition) is 4. The summed E-state index contributed by atoms with van der Waals surface area (Å²) in [6, 6.07) is 12.2. The van der Waals surface area contributed by atoms with Gasteiger partial charge >= 0.3 is 0 Å². The van der Waals surface area contributed by atoms with Gasteiger partial charge in [-0.05, 0) is 54.3 Å². The predicted octanol–water partition coefficient (Wildman–Crippen LogP) is 3.19. The maximum Gasteiger partial charge on any atom is 0.257 e. The van der Waals surface area contributed by atoms with Gasteiger partial charge < -0.3 is 16.8 Å². The van der Waals surface area contributed by atoms with Crippen LogP contribution in [0, 0.1) is 11.7 Å². The Kier molecular flexibility index (Phi) is 8.57. The molecule has 0 spiro atoms. The molecule has 2 aromatic rings. The standard InChI is InChI=1S/C21H27ClFN5O/c1-13(2)12-26-21(28-20(29)15-5-9-17(23)10-6-15)27-19(25)11-18(24)14-3-7-16(22)8-4-14/h3-10,13,18-19H,11-12,24-25H2,1-2H3,(H2,26,27,28,29). The summed E-state index contributed by atoms with van der Waals surface area (Å²) >= 11 is 5.90. The van der Waals surface area contributed by atoms with Crippen molar-refractivity contribution in [3.8, 4) is 0 Å². The summed E-state index contributed by atoms with van der Waals surface area (Å²) < 4.78 is 13.1. The van der Waals surface area contributed by atoms with Crippen LogP contribution in [0.15, 0.2) is 53.5 Å². The van der Waals surface area contributed by atoms with Crippen molar-refractivity contribution < 1.29 is 9.18 Å². The molecule has 156 valence electrons. The zero-order valence-corrected chi connectivity index (χ0v) is 17.3. The number of nitrogens with zero attached hydrogens (tertiary/aromatic N) is 1. The van der Waals surface area contributed by atoms with Crippen molar-refractivity contribution in [1.29, 1.82) is 0 Å². The second kappa shape index (κ2) is 10.9. The normalized spacial score (nSPS) is 13.8. The lowest BCUT2D eigenvalue weighted by Crippen LogP contribution is -2.50. The molecule has 2 atom stereocenters. The van der Waals surface area contributed by atoms with E-state index in [9.17, 15) is 9.18 Å². The number of halogens is 2. The first kappa shape index (κ1) is 22.8. The molecule has 2 unspecified atom stereocenters. The van der Waals surface area contributed by atoms with Crippen LogP contribution in [-0.2, 0) is 0 Å². The monoisotopic (exact) mass is 419 g/mol. The van der Waals surface area contributed by atoms with E-state index in [-0.39, 0.29) is 12.0 Å². The number of amides is 1. The molecule has 0 heterocycles. The second-order valence-electron chi connectivity index (χ2n) is 7.19. The fourth-order valence-corrected chi connectivity index (χ4v) is 2.66. The number of nitrogens with one attached hydrogen (secondary N) is 2. The van der Waals surface area contributed by atoms with E-state index in [0.717, 1.165) is 5.56 Å². The van der Waals surface area contributed by atoms with Crippen molar-refractivity contribution in [3.05, 3.63) is 70.5 Å². The average Bonchev–Trinajstić information content (AvgIpc) is 2.66.